The van der Waals surface area contributed by atoms with Gasteiger partial charge in [0.25, 0.3) is 5.56 Å². The number of thioether (sulfide) groups is 1. The van der Waals surface area contributed by atoms with Crippen LogP contribution in [0.5, 0.6) is 0 Å². The fraction of sp³-hybridized carbons (Fsp3) is 0.438. The van der Waals surface area contributed by atoms with Gasteiger partial charge in [-0.2, -0.15) is 0 Å². The van der Waals surface area contributed by atoms with Gasteiger partial charge < -0.3 is 10.3 Å². The zero-order valence-electron chi connectivity index (χ0n) is 12.5. The van der Waals surface area contributed by atoms with Gasteiger partial charge in [-0.1, -0.05) is 36.2 Å². The molecule has 2 atom stereocenters. The lowest BCUT2D eigenvalue weighted by molar-refractivity contribution is 0.385. The van der Waals surface area contributed by atoms with Crippen LogP contribution in [0, 0.1) is 0 Å². The molecule has 0 spiro atoms. The third kappa shape index (κ3) is 3.10. The van der Waals surface area contributed by atoms with E-state index in [1.54, 1.807) is 30.0 Å². The maximum atomic E-state index is 12.1. The van der Waals surface area contributed by atoms with Crippen molar-refractivity contribution < 1.29 is 0 Å². The van der Waals surface area contributed by atoms with E-state index >= 15 is 0 Å². The van der Waals surface area contributed by atoms with Crippen LogP contribution in [-0.4, -0.2) is 27.2 Å². The average molecular weight is 349 g/mol. The summed E-state index contributed by atoms with van der Waals surface area (Å²) in [4.78, 5) is 24.2. The molecule has 1 aliphatic heterocycles. The molecule has 1 aliphatic carbocycles. The Labute approximate surface area is 142 Å². The van der Waals surface area contributed by atoms with Crippen molar-refractivity contribution in [2.24, 2.45) is 4.99 Å². The normalized spacial score (nSPS) is 23.4. The highest BCUT2D eigenvalue weighted by atomic mass is 35.5. The van der Waals surface area contributed by atoms with Gasteiger partial charge in [-0.15, -0.1) is 0 Å². The number of fused-ring (bicyclic) bond motifs is 2. The van der Waals surface area contributed by atoms with Gasteiger partial charge in [0.2, 0.25) is 0 Å². The molecule has 0 radical (unpaired) electrons. The highest BCUT2D eigenvalue weighted by Crippen LogP contribution is 2.27. The Morgan fingerprint density at radius 2 is 2.17 bits per heavy atom. The lowest BCUT2D eigenvalue weighted by Crippen LogP contribution is -2.36. The summed E-state index contributed by atoms with van der Waals surface area (Å²) in [7, 11) is 0. The second kappa shape index (κ2) is 6.17. The number of hydrogen-bond acceptors (Lipinski definition) is 5. The first kappa shape index (κ1) is 15.0. The molecule has 1 aromatic carbocycles. The summed E-state index contributed by atoms with van der Waals surface area (Å²) in [6.45, 7) is 0. The number of halogens is 1. The van der Waals surface area contributed by atoms with Crippen molar-refractivity contribution in [1.82, 2.24) is 15.3 Å². The summed E-state index contributed by atoms with van der Waals surface area (Å²) in [5.74, 6) is 1.26. The Balaban J connectivity index is 1.50. The molecule has 120 valence electrons. The Bertz CT molecular complexity index is 834. The van der Waals surface area contributed by atoms with E-state index in [0.717, 1.165) is 5.17 Å². The van der Waals surface area contributed by atoms with Crippen molar-refractivity contribution >= 4 is 39.4 Å². The number of aromatic nitrogens is 2. The van der Waals surface area contributed by atoms with E-state index < -0.39 is 0 Å². The topological polar surface area (TPSA) is 70.1 Å². The third-order valence-corrected chi connectivity index (χ3v) is 5.53. The fourth-order valence-corrected chi connectivity index (χ4v) is 4.25. The molecule has 2 aromatic rings. The number of nitrogens with one attached hydrogen (secondary N) is 2. The van der Waals surface area contributed by atoms with Crippen molar-refractivity contribution in [1.29, 1.82) is 0 Å². The summed E-state index contributed by atoms with van der Waals surface area (Å²) in [6.07, 6.45) is 4.92. The van der Waals surface area contributed by atoms with Crippen LogP contribution in [0.25, 0.3) is 10.9 Å². The van der Waals surface area contributed by atoms with Crippen molar-refractivity contribution in [2.75, 3.05) is 0 Å². The molecule has 2 N–H and O–H groups in total. The predicted octanol–water partition coefficient (Wildman–Crippen LogP) is 3.08. The molecular weight excluding hydrogens is 332 g/mol. The smallest absolute Gasteiger partial charge is 0.258 e. The van der Waals surface area contributed by atoms with Crippen LogP contribution >= 0.6 is 23.4 Å². The minimum Gasteiger partial charge on any atom is -0.360 e. The highest BCUT2D eigenvalue weighted by Gasteiger charge is 2.30. The zero-order chi connectivity index (χ0) is 15.8. The van der Waals surface area contributed by atoms with E-state index in [9.17, 15) is 4.79 Å². The van der Waals surface area contributed by atoms with Gasteiger partial charge in [0.05, 0.1) is 28.7 Å². The Morgan fingerprint density at radius 3 is 3.04 bits per heavy atom. The lowest BCUT2D eigenvalue weighted by Gasteiger charge is -2.23. The molecule has 7 heteroatoms. The van der Waals surface area contributed by atoms with Gasteiger partial charge in [0.1, 0.15) is 5.82 Å². The first-order valence-electron chi connectivity index (χ1n) is 7.85. The molecule has 4 rings (SSSR count). The molecule has 2 aliphatic rings. The van der Waals surface area contributed by atoms with Gasteiger partial charge in [-0.25, -0.2) is 4.98 Å². The van der Waals surface area contributed by atoms with Gasteiger partial charge in [0.15, 0.2) is 5.17 Å². The molecule has 5 nitrogen and oxygen atoms in total. The first-order chi connectivity index (χ1) is 11.2. The van der Waals surface area contributed by atoms with E-state index in [-0.39, 0.29) is 5.56 Å². The molecule has 1 fully saturated rings. The van der Waals surface area contributed by atoms with E-state index in [1.807, 2.05) is 0 Å². The summed E-state index contributed by atoms with van der Waals surface area (Å²) < 4.78 is 0. The number of nitrogens with zero attached hydrogens (tertiary/aromatic N) is 2. The minimum atomic E-state index is -0.150. The Kier molecular flexibility index (Phi) is 4.03. The van der Waals surface area contributed by atoms with Crippen LogP contribution in [0.4, 0.5) is 0 Å². The number of aromatic amines is 1. The summed E-state index contributed by atoms with van der Waals surface area (Å²) >= 11 is 7.53. The predicted molar refractivity (Wildman–Crippen MR) is 95.3 cm³/mol. The number of aliphatic imine (C=N–C) groups is 1. The van der Waals surface area contributed by atoms with E-state index in [2.05, 4.69) is 15.3 Å². The maximum absolute atomic E-state index is 12.1. The summed E-state index contributed by atoms with van der Waals surface area (Å²) in [6, 6.07) is 6.10. The zero-order valence-corrected chi connectivity index (χ0v) is 14.1. The van der Waals surface area contributed by atoms with E-state index in [4.69, 9.17) is 16.6 Å². The quantitative estimate of drug-likeness (QED) is 0.875. The molecule has 2 heterocycles. The number of hydrogen-bond donors (Lipinski definition) is 2. The maximum Gasteiger partial charge on any atom is 0.258 e. The monoisotopic (exact) mass is 348 g/mol. The molecule has 1 saturated carbocycles. The Hall–Kier alpha value is -1.53. The SMILES string of the molecule is O=c1[nH]c(CSC2=N[C@H]3CCCC[C@@H]3N2)nc2ccc(Cl)cc12. The van der Waals surface area contributed by atoms with E-state index in [0.29, 0.717) is 39.6 Å². The van der Waals surface area contributed by atoms with Crippen molar-refractivity contribution in [3.8, 4) is 0 Å². The van der Waals surface area contributed by atoms with Crippen molar-refractivity contribution in [2.45, 2.75) is 43.5 Å². The van der Waals surface area contributed by atoms with Gasteiger partial charge in [-0.3, -0.25) is 9.79 Å². The Morgan fingerprint density at radius 1 is 1.30 bits per heavy atom. The second-order valence-corrected chi connectivity index (χ2v) is 7.40. The minimum absolute atomic E-state index is 0.150. The standard InChI is InChI=1S/C16H17ClN4OS/c17-9-5-6-11-10(7-9)15(22)21-14(18-11)8-23-16-19-12-3-1-2-4-13(12)20-16/h5-7,12-13H,1-4,8H2,(H,19,20)(H,18,21,22)/t12-,13-/m0/s1. The van der Waals surface area contributed by atoms with Crippen LogP contribution in [0.3, 0.4) is 0 Å². The van der Waals surface area contributed by atoms with Crippen molar-refractivity contribution in [3.05, 3.63) is 39.4 Å². The molecular formula is C16H17ClN4OS. The number of benzene rings is 1. The van der Waals surface area contributed by atoms with Gasteiger partial charge >= 0.3 is 0 Å². The van der Waals surface area contributed by atoms with Gasteiger partial charge in [-0.05, 0) is 31.0 Å². The average Bonchev–Trinajstić information content (AvgIpc) is 2.96. The van der Waals surface area contributed by atoms with Crippen LogP contribution in [0.1, 0.15) is 31.5 Å². The molecule has 23 heavy (non-hydrogen) atoms. The number of H-pyrrole nitrogens is 1. The summed E-state index contributed by atoms with van der Waals surface area (Å²) in [5, 5.41) is 5.53. The first-order valence-corrected chi connectivity index (χ1v) is 9.21. The molecule has 0 saturated heterocycles. The molecule has 0 bridgehead atoms. The van der Waals surface area contributed by atoms with Gasteiger partial charge in [0, 0.05) is 5.02 Å². The van der Waals surface area contributed by atoms with Crippen LogP contribution in [-0.2, 0) is 5.75 Å². The second-order valence-electron chi connectivity index (χ2n) is 6.00. The van der Waals surface area contributed by atoms with Crippen LogP contribution in [0.2, 0.25) is 5.02 Å². The lowest BCUT2D eigenvalue weighted by atomic mass is 9.92. The molecule has 0 amide bonds. The summed E-state index contributed by atoms with van der Waals surface area (Å²) in [5.41, 5.74) is 0.520. The van der Waals surface area contributed by atoms with E-state index in [1.165, 1.54) is 25.7 Å². The number of amidine groups is 1. The number of rotatable bonds is 2. The molecule has 1 aromatic heterocycles. The molecule has 0 unspecified atom stereocenters. The van der Waals surface area contributed by atoms with Crippen molar-refractivity contribution in [3.63, 3.8) is 0 Å². The van der Waals surface area contributed by atoms with Crippen LogP contribution in [0.15, 0.2) is 28.0 Å². The highest BCUT2D eigenvalue weighted by molar-refractivity contribution is 8.13. The fourth-order valence-electron chi connectivity index (χ4n) is 3.22. The largest absolute Gasteiger partial charge is 0.360 e. The van der Waals surface area contributed by atoms with Crippen LogP contribution < -0.4 is 10.9 Å². The third-order valence-electron chi connectivity index (χ3n) is 4.38.